The van der Waals surface area contributed by atoms with Gasteiger partial charge in [0.05, 0.1) is 17.5 Å². The molecule has 2 rings (SSSR count). The van der Waals surface area contributed by atoms with Gasteiger partial charge in [0.1, 0.15) is 0 Å². The number of carbonyl (C=O) groups excluding carboxylic acids is 1. The molecule has 2 aliphatic rings. The number of hydrogen-bond donors (Lipinski definition) is 0. The molecule has 0 spiro atoms. The maximum atomic E-state index is 11.7. The van der Waals surface area contributed by atoms with E-state index in [0.717, 1.165) is 0 Å². The van der Waals surface area contributed by atoms with Gasteiger partial charge in [0.25, 0.3) is 0 Å². The van der Waals surface area contributed by atoms with Crippen molar-refractivity contribution in [2.45, 2.75) is 31.6 Å². The molecule has 18 heavy (non-hydrogen) atoms. The first-order valence-corrected chi connectivity index (χ1v) is 8.70. The lowest BCUT2D eigenvalue weighted by Gasteiger charge is -2.17. The number of nitrogens with zero attached hydrogens (tertiary/aromatic N) is 2. The van der Waals surface area contributed by atoms with Gasteiger partial charge in [-0.3, -0.25) is 4.79 Å². The van der Waals surface area contributed by atoms with Crippen molar-refractivity contribution in [2.75, 3.05) is 18.6 Å². The van der Waals surface area contributed by atoms with E-state index in [0.29, 0.717) is 17.5 Å². The molecule has 0 aliphatic carbocycles. The Morgan fingerprint density at radius 3 is 2.72 bits per heavy atom. The average Bonchev–Trinajstić information content (AvgIpc) is 2.61. The Labute approximate surface area is 112 Å². The van der Waals surface area contributed by atoms with Crippen molar-refractivity contribution in [3.63, 3.8) is 0 Å². The van der Waals surface area contributed by atoms with E-state index in [1.54, 1.807) is 0 Å². The van der Waals surface area contributed by atoms with Crippen molar-refractivity contribution in [1.82, 2.24) is 4.90 Å². The summed E-state index contributed by atoms with van der Waals surface area (Å²) < 4.78 is 23.0. The standard InChI is InChI=1S/C11H18N2O3S2/c1-7(2)4-10(14)12-11-13(3)8-5-18(15,16)6-9(8)17-11/h7-9H,4-6H2,1-3H3/t8-,9+/m1/s1. The molecule has 1 amide bonds. The zero-order valence-electron chi connectivity index (χ0n) is 10.8. The molecule has 0 bridgehead atoms. The largest absolute Gasteiger partial charge is 0.349 e. The number of hydrogen-bond acceptors (Lipinski definition) is 4. The van der Waals surface area contributed by atoms with Crippen LogP contribution in [0.4, 0.5) is 0 Å². The molecular weight excluding hydrogens is 272 g/mol. The first-order chi connectivity index (χ1) is 8.28. The summed E-state index contributed by atoms with van der Waals surface area (Å²) in [5.74, 6) is 0.545. The minimum absolute atomic E-state index is 0.0226. The summed E-state index contributed by atoms with van der Waals surface area (Å²) in [5.41, 5.74) is 0. The lowest BCUT2D eigenvalue weighted by atomic mass is 10.1. The maximum absolute atomic E-state index is 11.7. The molecule has 5 nitrogen and oxygen atoms in total. The first-order valence-electron chi connectivity index (χ1n) is 6.00. The Morgan fingerprint density at radius 1 is 1.50 bits per heavy atom. The molecule has 2 aliphatic heterocycles. The molecule has 2 heterocycles. The molecular formula is C11H18N2O3S2. The Kier molecular flexibility index (Phi) is 3.73. The van der Waals surface area contributed by atoms with Crippen LogP contribution in [-0.4, -0.2) is 54.2 Å². The third-order valence-corrected chi connectivity index (χ3v) is 6.43. The van der Waals surface area contributed by atoms with Crippen LogP contribution in [0.1, 0.15) is 20.3 Å². The molecule has 2 fully saturated rings. The Balaban J connectivity index is 2.08. The van der Waals surface area contributed by atoms with Crippen molar-refractivity contribution in [1.29, 1.82) is 0 Å². The number of amides is 1. The minimum Gasteiger partial charge on any atom is -0.349 e. The van der Waals surface area contributed by atoms with Crippen LogP contribution < -0.4 is 0 Å². The fourth-order valence-electron chi connectivity index (χ4n) is 2.24. The van der Waals surface area contributed by atoms with E-state index in [2.05, 4.69) is 4.99 Å². The lowest BCUT2D eigenvalue weighted by Crippen LogP contribution is -2.34. The highest BCUT2D eigenvalue weighted by Gasteiger charge is 2.47. The van der Waals surface area contributed by atoms with E-state index in [-0.39, 0.29) is 28.7 Å². The molecule has 2 atom stereocenters. The summed E-state index contributed by atoms with van der Waals surface area (Å²) in [5, 5.41) is 0.705. The summed E-state index contributed by atoms with van der Waals surface area (Å²) in [7, 11) is -1.09. The van der Waals surface area contributed by atoms with E-state index in [9.17, 15) is 13.2 Å². The molecule has 2 saturated heterocycles. The Morgan fingerprint density at radius 2 is 2.17 bits per heavy atom. The second kappa shape index (κ2) is 4.85. The monoisotopic (exact) mass is 290 g/mol. The smallest absolute Gasteiger partial charge is 0.248 e. The number of rotatable bonds is 2. The van der Waals surface area contributed by atoms with E-state index in [1.165, 1.54) is 11.8 Å². The van der Waals surface area contributed by atoms with E-state index < -0.39 is 9.84 Å². The minimum atomic E-state index is -2.91. The molecule has 102 valence electrons. The summed E-state index contributed by atoms with van der Waals surface area (Å²) in [6.45, 7) is 3.95. The second-order valence-electron chi connectivity index (χ2n) is 5.30. The van der Waals surface area contributed by atoms with Gasteiger partial charge in [0, 0.05) is 18.7 Å². The number of fused-ring (bicyclic) bond motifs is 1. The number of thioether (sulfide) groups is 1. The summed E-state index contributed by atoms with van der Waals surface area (Å²) >= 11 is 1.42. The van der Waals surface area contributed by atoms with Crippen molar-refractivity contribution in [2.24, 2.45) is 10.9 Å². The zero-order chi connectivity index (χ0) is 13.5. The highest BCUT2D eigenvalue weighted by molar-refractivity contribution is 8.15. The van der Waals surface area contributed by atoms with Gasteiger partial charge in [-0.25, -0.2) is 8.42 Å². The van der Waals surface area contributed by atoms with Crippen molar-refractivity contribution in [3.05, 3.63) is 0 Å². The molecule has 7 heteroatoms. The SMILES string of the molecule is CC(C)CC(=O)N=C1S[C@H]2CS(=O)(=O)C[C@H]2N1C. The van der Waals surface area contributed by atoms with Gasteiger partial charge in [-0.05, 0) is 5.92 Å². The number of amidine groups is 1. The van der Waals surface area contributed by atoms with Crippen LogP contribution in [0.5, 0.6) is 0 Å². The topological polar surface area (TPSA) is 66.8 Å². The summed E-state index contributed by atoms with van der Waals surface area (Å²) in [6.07, 6.45) is 0.436. The molecule has 0 aromatic heterocycles. The van der Waals surface area contributed by atoms with Gasteiger partial charge in [0.15, 0.2) is 15.0 Å². The van der Waals surface area contributed by atoms with Crippen molar-refractivity contribution < 1.29 is 13.2 Å². The third kappa shape index (κ3) is 2.88. The van der Waals surface area contributed by atoms with E-state index in [1.807, 2.05) is 25.8 Å². The van der Waals surface area contributed by atoms with Crippen molar-refractivity contribution >= 4 is 32.7 Å². The van der Waals surface area contributed by atoms with Crippen LogP contribution >= 0.6 is 11.8 Å². The van der Waals surface area contributed by atoms with Gasteiger partial charge >= 0.3 is 0 Å². The van der Waals surface area contributed by atoms with Crippen LogP contribution in [0.2, 0.25) is 0 Å². The number of carbonyl (C=O) groups is 1. The molecule has 0 saturated carbocycles. The molecule has 0 radical (unpaired) electrons. The van der Waals surface area contributed by atoms with Crippen LogP contribution in [0, 0.1) is 5.92 Å². The number of aliphatic imine (C=N–C) groups is 1. The predicted molar refractivity (Wildman–Crippen MR) is 73.5 cm³/mol. The maximum Gasteiger partial charge on any atom is 0.248 e. The van der Waals surface area contributed by atoms with Gasteiger partial charge in [-0.15, -0.1) is 0 Å². The van der Waals surface area contributed by atoms with Crippen LogP contribution in [0.15, 0.2) is 4.99 Å². The fraction of sp³-hybridized carbons (Fsp3) is 0.818. The summed E-state index contributed by atoms with van der Waals surface area (Å²) in [4.78, 5) is 17.6. The quantitative estimate of drug-likeness (QED) is 0.751. The average molecular weight is 290 g/mol. The van der Waals surface area contributed by atoms with E-state index >= 15 is 0 Å². The third-order valence-electron chi connectivity index (χ3n) is 3.13. The first kappa shape index (κ1) is 13.9. The lowest BCUT2D eigenvalue weighted by molar-refractivity contribution is -0.118. The molecule has 0 aromatic carbocycles. The Bertz CT molecular complexity index is 485. The van der Waals surface area contributed by atoms with Crippen LogP contribution in [-0.2, 0) is 14.6 Å². The van der Waals surface area contributed by atoms with Gasteiger partial charge in [-0.2, -0.15) is 4.99 Å². The van der Waals surface area contributed by atoms with Crippen LogP contribution in [0.3, 0.4) is 0 Å². The van der Waals surface area contributed by atoms with E-state index in [4.69, 9.17) is 0 Å². The zero-order valence-corrected chi connectivity index (χ0v) is 12.4. The highest BCUT2D eigenvalue weighted by Crippen LogP contribution is 2.36. The molecule has 0 aromatic rings. The van der Waals surface area contributed by atoms with Gasteiger partial charge in [0.2, 0.25) is 5.91 Å². The fourth-order valence-corrected chi connectivity index (χ4v) is 6.25. The molecule has 0 unspecified atom stereocenters. The predicted octanol–water partition coefficient (Wildman–Crippen LogP) is 0.759. The van der Waals surface area contributed by atoms with Gasteiger partial charge < -0.3 is 4.90 Å². The highest BCUT2D eigenvalue weighted by atomic mass is 32.2. The normalized spacial score (nSPS) is 32.2. The number of sulfone groups is 1. The van der Waals surface area contributed by atoms with Crippen molar-refractivity contribution in [3.8, 4) is 0 Å². The second-order valence-corrected chi connectivity index (χ2v) is 8.66. The Hall–Kier alpha value is -0.560. The molecule has 0 N–H and O–H groups in total. The van der Waals surface area contributed by atoms with Crippen LogP contribution in [0.25, 0.3) is 0 Å². The summed E-state index contributed by atoms with van der Waals surface area (Å²) in [6, 6.07) is -0.0226. The van der Waals surface area contributed by atoms with Gasteiger partial charge in [-0.1, -0.05) is 25.6 Å².